The van der Waals surface area contributed by atoms with Crippen molar-refractivity contribution in [2.75, 3.05) is 0 Å². The van der Waals surface area contributed by atoms with Crippen molar-refractivity contribution < 1.29 is 9.90 Å². The molecule has 0 aliphatic heterocycles. The first-order valence-corrected chi connectivity index (χ1v) is 12.0. The van der Waals surface area contributed by atoms with E-state index in [1.165, 1.54) is 6.08 Å². The molecule has 0 bridgehead atoms. The Hall–Kier alpha value is -4.49. The highest BCUT2D eigenvalue weighted by Crippen LogP contribution is 2.39. The van der Waals surface area contributed by atoms with Crippen LogP contribution in [0.25, 0.3) is 27.6 Å². The minimum absolute atomic E-state index is 0.0685. The molecule has 0 aromatic heterocycles. The number of carbonyl (C=O) groups is 1. The van der Waals surface area contributed by atoms with Gasteiger partial charge in [0.25, 0.3) is 0 Å². The van der Waals surface area contributed by atoms with Crippen molar-refractivity contribution >= 4 is 33.4 Å². The summed E-state index contributed by atoms with van der Waals surface area (Å²) < 4.78 is 0. The van der Waals surface area contributed by atoms with Crippen LogP contribution < -0.4 is 16.1 Å². The third-order valence-corrected chi connectivity index (χ3v) is 6.82. The molecule has 3 aromatic carbocycles. The first-order chi connectivity index (χ1) is 17.4. The Morgan fingerprint density at radius 2 is 1.67 bits per heavy atom. The number of hydrogen-bond donors (Lipinski definition) is 1. The van der Waals surface area contributed by atoms with Crippen molar-refractivity contribution in [1.82, 2.24) is 0 Å². The lowest BCUT2D eigenvalue weighted by molar-refractivity contribution is -0.118. The highest BCUT2D eigenvalue weighted by atomic mass is 16.3. The number of benzene rings is 3. The zero-order valence-electron chi connectivity index (χ0n) is 20.1. The van der Waals surface area contributed by atoms with Crippen LogP contribution in [0.15, 0.2) is 116 Å². The molecule has 36 heavy (non-hydrogen) atoms. The Morgan fingerprint density at radius 1 is 0.972 bits per heavy atom. The monoisotopic (exact) mass is 472 g/mol. The molecule has 1 atom stereocenters. The maximum atomic E-state index is 13.2. The number of carbonyl (C=O) groups excluding carboxylic acids is 1. The lowest BCUT2D eigenvalue weighted by atomic mass is 9.75. The first kappa shape index (κ1) is 23.3. The highest BCUT2D eigenvalue weighted by molar-refractivity contribution is 6.09. The second-order valence-electron chi connectivity index (χ2n) is 9.03. The molecule has 0 heterocycles. The molecule has 2 aliphatic rings. The Kier molecular flexibility index (Phi) is 6.00. The second-order valence-corrected chi connectivity index (χ2v) is 9.03. The van der Waals surface area contributed by atoms with Crippen LogP contribution >= 0.6 is 0 Å². The number of aliphatic hydroxyl groups is 1. The normalized spacial score (nSPS) is 17.8. The predicted molar refractivity (Wildman–Crippen MR) is 144 cm³/mol. The highest BCUT2D eigenvalue weighted by Gasteiger charge is 2.35. The van der Waals surface area contributed by atoms with Crippen LogP contribution in [0.3, 0.4) is 0 Å². The lowest BCUT2D eigenvalue weighted by Gasteiger charge is -2.27. The van der Waals surface area contributed by atoms with Gasteiger partial charge in [0.2, 0.25) is 0 Å². The van der Waals surface area contributed by atoms with Gasteiger partial charge in [0.1, 0.15) is 5.76 Å². The van der Waals surface area contributed by atoms with Gasteiger partial charge in [-0.25, -0.2) is 0 Å². The fourth-order valence-corrected chi connectivity index (χ4v) is 5.15. The average molecular weight is 473 g/mol. The summed E-state index contributed by atoms with van der Waals surface area (Å²) in [5, 5.41) is 13.5. The molecular weight excluding hydrogens is 448 g/mol. The summed E-state index contributed by atoms with van der Waals surface area (Å²) in [4.78, 5) is 39.3. The minimum atomic E-state index is -0.335. The quantitative estimate of drug-likeness (QED) is 0.412. The van der Waals surface area contributed by atoms with Gasteiger partial charge in [0.05, 0.1) is 10.8 Å². The van der Waals surface area contributed by atoms with Crippen molar-refractivity contribution in [3.8, 4) is 0 Å². The van der Waals surface area contributed by atoms with Gasteiger partial charge in [-0.15, -0.1) is 0 Å². The number of aliphatic hydroxyl groups excluding tert-OH is 1. The van der Waals surface area contributed by atoms with E-state index in [1.54, 1.807) is 42.5 Å². The molecule has 0 radical (unpaired) electrons. The summed E-state index contributed by atoms with van der Waals surface area (Å²) in [5.41, 5.74) is 7.81. The molecule has 0 amide bonds. The lowest BCUT2D eigenvalue weighted by Crippen LogP contribution is -2.38. The standard InChI is InChI=1S/C32H24O4/c1-3-10-21-27-19(2)11-7-16-22(27)30(34)25(29(21)33)14-5-4-6-15-26-31(35)23-17-8-12-20-13-9-18-24(28(20)23)32(26)36/h4-6,8-9,12-18,21,34H,3,10H2,1-2H3. The predicted octanol–water partition coefficient (Wildman–Crippen LogP) is 5.14. The summed E-state index contributed by atoms with van der Waals surface area (Å²) in [6.07, 6.45) is 11.1. The molecule has 3 aromatic rings. The summed E-state index contributed by atoms with van der Waals surface area (Å²) in [6, 6.07) is 10.9. The van der Waals surface area contributed by atoms with E-state index < -0.39 is 0 Å². The minimum Gasteiger partial charge on any atom is -0.507 e. The summed E-state index contributed by atoms with van der Waals surface area (Å²) in [5.74, 6) is -0.534. The van der Waals surface area contributed by atoms with Crippen molar-refractivity contribution in [2.45, 2.75) is 26.7 Å². The van der Waals surface area contributed by atoms with Gasteiger partial charge in [-0.2, -0.15) is 0 Å². The molecule has 1 N–H and O–H groups in total. The van der Waals surface area contributed by atoms with E-state index in [0.29, 0.717) is 28.2 Å². The number of Topliss-reactive ketones (excluding diaryl/α,β-unsaturated/α-hetero) is 1. The molecule has 4 nitrogen and oxygen atoms in total. The zero-order valence-corrected chi connectivity index (χ0v) is 20.1. The molecule has 176 valence electrons. The van der Waals surface area contributed by atoms with E-state index in [-0.39, 0.29) is 39.1 Å². The van der Waals surface area contributed by atoms with Crippen molar-refractivity contribution in [1.29, 1.82) is 0 Å². The van der Waals surface area contributed by atoms with E-state index in [0.717, 1.165) is 23.0 Å². The van der Waals surface area contributed by atoms with Crippen LogP contribution in [0, 0.1) is 5.92 Å². The molecule has 0 fully saturated rings. The second kappa shape index (κ2) is 9.28. The molecule has 0 spiro atoms. The third-order valence-electron chi connectivity index (χ3n) is 6.82. The molecule has 0 saturated carbocycles. The Morgan fingerprint density at radius 3 is 2.33 bits per heavy atom. The van der Waals surface area contributed by atoms with E-state index in [9.17, 15) is 19.5 Å². The van der Waals surface area contributed by atoms with Crippen LogP contribution in [-0.2, 0) is 4.79 Å². The van der Waals surface area contributed by atoms with Gasteiger partial charge < -0.3 is 5.11 Å². The molecule has 1 unspecified atom stereocenters. The molecule has 5 rings (SSSR count). The summed E-state index contributed by atoms with van der Waals surface area (Å²) >= 11 is 0. The largest absolute Gasteiger partial charge is 0.507 e. The molecule has 2 aliphatic carbocycles. The van der Waals surface area contributed by atoms with Crippen LogP contribution in [0.2, 0.25) is 0 Å². The van der Waals surface area contributed by atoms with Crippen molar-refractivity contribution in [3.05, 3.63) is 132 Å². The fraction of sp³-hybridized carbons (Fsp3) is 0.156. The van der Waals surface area contributed by atoms with Crippen LogP contribution in [0.4, 0.5) is 0 Å². The van der Waals surface area contributed by atoms with Crippen LogP contribution in [0.1, 0.15) is 26.7 Å². The summed E-state index contributed by atoms with van der Waals surface area (Å²) in [6.45, 7) is 3.90. The number of hydrogen-bond acceptors (Lipinski definition) is 4. The molecular formula is C32H24O4. The molecule has 4 heteroatoms. The van der Waals surface area contributed by atoms with Gasteiger partial charge in [-0.1, -0.05) is 79.4 Å². The van der Waals surface area contributed by atoms with Crippen molar-refractivity contribution in [2.24, 2.45) is 5.92 Å². The van der Waals surface area contributed by atoms with Gasteiger partial charge in [0, 0.05) is 33.2 Å². The van der Waals surface area contributed by atoms with E-state index in [4.69, 9.17) is 0 Å². The van der Waals surface area contributed by atoms with Crippen molar-refractivity contribution in [3.63, 3.8) is 0 Å². The van der Waals surface area contributed by atoms with Gasteiger partial charge in [0.15, 0.2) is 16.6 Å². The summed E-state index contributed by atoms with van der Waals surface area (Å²) in [7, 11) is 0. The van der Waals surface area contributed by atoms with Gasteiger partial charge in [-0.3, -0.25) is 14.4 Å². The van der Waals surface area contributed by atoms with Gasteiger partial charge in [-0.05, 0) is 42.5 Å². The van der Waals surface area contributed by atoms with Gasteiger partial charge >= 0.3 is 0 Å². The average Bonchev–Trinajstić information content (AvgIpc) is 2.88. The molecule has 0 saturated heterocycles. The maximum absolute atomic E-state index is 13.2. The number of allylic oxidation sites excluding steroid dienone is 8. The van der Waals surface area contributed by atoms with E-state index >= 15 is 0 Å². The topological polar surface area (TPSA) is 71.4 Å². The maximum Gasteiger partial charge on any atom is 0.197 e. The first-order valence-electron chi connectivity index (χ1n) is 12.0. The van der Waals surface area contributed by atoms with E-state index in [1.807, 2.05) is 38.1 Å². The number of ketones is 1. The van der Waals surface area contributed by atoms with Crippen LogP contribution in [-0.4, -0.2) is 10.9 Å². The third kappa shape index (κ3) is 3.70. The Balaban J connectivity index is 1.52. The zero-order chi connectivity index (χ0) is 25.4. The fourth-order valence-electron chi connectivity index (χ4n) is 5.15. The SMILES string of the molecule is CCCC1C(=O)C(C=CC=CC=c2c(=O)c3cccc4cccc(c2=O)c43)=C(O)C2=C1C(C)=C=C=C2. The van der Waals surface area contributed by atoms with Crippen LogP contribution in [0.5, 0.6) is 0 Å². The van der Waals surface area contributed by atoms with E-state index in [2.05, 4.69) is 11.5 Å². The Labute approximate surface area is 207 Å². The Bertz CT molecular complexity index is 1770. The number of rotatable bonds is 5. The smallest absolute Gasteiger partial charge is 0.197 e.